The van der Waals surface area contributed by atoms with Crippen molar-refractivity contribution in [2.45, 2.75) is 6.18 Å². The van der Waals surface area contributed by atoms with Crippen LogP contribution in [0.15, 0.2) is 41.0 Å². The molecule has 0 aliphatic carbocycles. The highest BCUT2D eigenvalue weighted by atomic mass is 79.9. The molecule has 0 aliphatic heterocycles. The van der Waals surface area contributed by atoms with Crippen molar-refractivity contribution in [3.8, 4) is 6.07 Å². The predicted molar refractivity (Wildman–Crippen MR) is 73.4 cm³/mol. The first-order chi connectivity index (χ1) is 9.40. The minimum Gasteiger partial charge on any atom is -0.361 e. The Morgan fingerprint density at radius 1 is 1.25 bits per heavy atom. The first-order valence-electron chi connectivity index (χ1n) is 5.53. The van der Waals surface area contributed by atoms with Gasteiger partial charge >= 0.3 is 6.18 Å². The zero-order valence-electron chi connectivity index (χ0n) is 10.0. The number of alkyl halides is 3. The number of aromatic nitrogens is 1. The van der Waals surface area contributed by atoms with E-state index in [0.717, 1.165) is 16.6 Å². The normalized spacial score (nSPS) is 12.2. The quantitative estimate of drug-likeness (QED) is 0.779. The first kappa shape index (κ1) is 14.4. The highest BCUT2D eigenvalue weighted by molar-refractivity contribution is 9.10. The molecule has 1 aromatic heterocycles. The molecular weight excluding hydrogens is 333 g/mol. The number of halogens is 4. The number of aromatic amines is 1. The van der Waals surface area contributed by atoms with Crippen LogP contribution in [0.4, 0.5) is 13.2 Å². The fourth-order valence-corrected chi connectivity index (χ4v) is 2.00. The largest absolute Gasteiger partial charge is 0.416 e. The summed E-state index contributed by atoms with van der Waals surface area (Å²) in [6.07, 6.45) is -1.10. The van der Waals surface area contributed by atoms with Crippen molar-refractivity contribution in [3.63, 3.8) is 0 Å². The second-order valence-corrected chi connectivity index (χ2v) is 4.93. The van der Waals surface area contributed by atoms with E-state index in [1.807, 2.05) is 6.07 Å². The van der Waals surface area contributed by atoms with Crippen molar-refractivity contribution in [2.75, 3.05) is 0 Å². The molecule has 20 heavy (non-hydrogen) atoms. The topological polar surface area (TPSA) is 39.6 Å². The zero-order chi connectivity index (χ0) is 14.8. The van der Waals surface area contributed by atoms with Crippen molar-refractivity contribution in [2.24, 2.45) is 0 Å². The van der Waals surface area contributed by atoms with Crippen molar-refractivity contribution < 1.29 is 13.2 Å². The second kappa shape index (κ2) is 5.55. The van der Waals surface area contributed by atoms with Gasteiger partial charge in [-0.05, 0) is 45.8 Å². The lowest BCUT2D eigenvalue weighted by Gasteiger charge is -2.07. The molecule has 0 bridgehead atoms. The number of benzene rings is 1. The van der Waals surface area contributed by atoms with Crippen LogP contribution in [0.5, 0.6) is 0 Å². The van der Waals surface area contributed by atoms with Gasteiger partial charge in [0.1, 0.15) is 0 Å². The van der Waals surface area contributed by atoms with Crippen LogP contribution >= 0.6 is 15.9 Å². The Kier molecular flexibility index (Phi) is 4.00. The van der Waals surface area contributed by atoms with Crippen LogP contribution in [0.1, 0.15) is 16.8 Å². The van der Waals surface area contributed by atoms with Crippen LogP contribution in [-0.4, -0.2) is 4.98 Å². The Balaban J connectivity index is 2.34. The highest BCUT2D eigenvalue weighted by Gasteiger charge is 2.30. The number of hydrogen-bond acceptors (Lipinski definition) is 1. The molecule has 0 radical (unpaired) electrons. The number of H-pyrrole nitrogens is 1. The summed E-state index contributed by atoms with van der Waals surface area (Å²) in [5, 5.41) is 9.11. The average molecular weight is 341 g/mol. The summed E-state index contributed by atoms with van der Waals surface area (Å²) in [6.45, 7) is 0. The number of nitrogens with zero attached hydrogens (tertiary/aromatic N) is 1. The molecule has 2 aromatic rings. The Morgan fingerprint density at radius 3 is 2.35 bits per heavy atom. The second-order valence-electron chi connectivity index (χ2n) is 4.02. The third kappa shape index (κ3) is 3.31. The molecule has 1 heterocycles. The molecule has 0 unspecified atom stereocenters. The van der Waals surface area contributed by atoms with Crippen molar-refractivity contribution in [1.82, 2.24) is 4.98 Å². The lowest BCUT2D eigenvalue weighted by molar-refractivity contribution is -0.137. The molecule has 102 valence electrons. The van der Waals surface area contributed by atoms with Gasteiger partial charge in [-0.25, -0.2) is 0 Å². The highest BCUT2D eigenvalue weighted by Crippen LogP contribution is 2.30. The molecule has 1 N–H and O–H groups in total. The Hall–Kier alpha value is -2.00. The molecule has 0 fully saturated rings. The number of nitrogens with one attached hydrogen (secondary N) is 1. The van der Waals surface area contributed by atoms with Gasteiger partial charge in [0.25, 0.3) is 0 Å². The maximum Gasteiger partial charge on any atom is 0.416 e. The summed E-state index contributed by atoms with van der Waals surface area (Å²) < 4.78 is 38.2. The van der Waals surface area contributed by atoms with Gasteiger partial charge in [-0.3, -0.25) is 0 Å². The third-order valence-corrected chi connectivity index (χ3v) is 3.07. The molecule has 6 heteroatoms. The fourth-order valence-electron chi connectivity index (χ4n) is 1.64. The zero-order valence-corrected chi connectivity index (χ0v) is 11.6. The maximum absolute atomic E-state index is 12.5. The van der Waals surface area contributed by atoms with E-state index in [-0.39, 0.29) is 5.57 Å². The van der Waals surface area contributed by atoms with Crippen LogP contribution < -0.4 is 0 Å². The monoisotopic (exact) mass is 340 g/mol. The molecule has 0 aliphatic rings. The van der Waals surface area contributed by atoms with Crippen LogP contribution in [0.2, 0.25) is 0 Å². The Morgan fingerprint density at radius 2 is 1.90 bits per heavy atom. The average Bonchev–Trinajstić information content (AvgIpc) is 2.81. The number of allylic oxidation sites excluding steroid dienone is 1. The van der Waals surface area contributed by atoms with Gasteiger partial charge in [0.05, 0.1) is 17.2 Å². The van der Waals surface area contributed by atoms with Crippen LogP contribution in [0.3, 0.4) is 0 Å². The van der Waals surface area contributed by atoms with Gasteiger partial charge in [0, 0.05) is 16.4 Å². The van der Waals surface area contributed by atoms with Gasteiger partial charge in [-0.2, -0.15) is 18.4 Å². The smallest absolute Gasteiger partial charge is 0.361 e. The standard InChI is InChI=1S/C14H8BrF3N2/c15-12-6-13(20-8-12)5-10(7-19)9-1-3-11(4-2-9)14(16,17)18/h1-6,8,20H/b10-5+. The molecule has 2 rings (SSSR count). The van der Waals surface area contributed by atoms with Gasteiger partial charge in [0.2, 0.25) is 0 Å². The minimum absolute atomic E-state index is 0.285. The number of hydrogen-bond donors (Lipinski definition) is 1. The summed E-state index contributed by atoms with van der Waals surface area (Å²) >= 11 is 3.26. The molecule has 2 nitrogen and oxygen atoms in total. The van der Waals surface area contributed by atoms with Crippen molar-refractivity contribution >= 4 is 27.6 Å². The summed E-state index contributed by atoms with van der Waals surface area (Å²) in [6, 6.07) is 8.25. The van der Waals surface area contributed by atoms with E-state index < -0.39 is 11.7 Å². The van der Waals surface area contributed by atoms with Gasteiger partial charge in [0.15, 0.2) is 0 Å². The molecular formula is C14H8BrF3N2. The van der Waals surface area contributed by atoms with E-state index in [1.165, 1.54) is 12.1 Å². The predicted octanol–water partition coefficient (Wildman–Crippen LogP) is 4.86. The molecule has 1 aromatic carbocycles. The van der Waals surface area contributed by atoms with Crippen molar-refractivity contribution in [3.05, 3.63) is 57.8 Å². The lowest BCUT2D eigenvalue weighted by Crippen LogP contribution is -2.04. The Bertz CT molecular complexity index is 676. The molecule has 0 saturated heterocycles. The summed E-state index contributed by atoms with van der Waals surface area (Å²) in [4.78, 5) is 2.92. The van der Waals surface area contributed by atoms with Gasteiger partial charge < -0.3 is 4.98 Å². The van der Waals surface area contributed by atoms with Crippen molar-refractivity contribution in [1.29, 1.82) is 5.26 Å². The number of rotatable bonds is 2. The van der Waals surface area contributed by atoms with E-state index in [0.29, 0.717) is 11.3 Å². The summed E-state index contributed by atoms with van der Waals surface area (Å²) in [5.41, 5.74) is 0.675. The SMILES string of the molecule is N#C/C(=C\c1cc(Br)c[nH]1)c1ccc(C(F)(F)F)cc1. The maximum atomic E-state index is 12.5. The van der Waals surface area contributed by atoms with E-state index >= 15 is 0 Å². The van der Waals surface area contributed by atoms with Crippen LogP contribution in [0, 0.1) is 11.3 Å². The lowest BCUT2D eigenvalue weighted by atomic mass is 10.0. The molecule has 0 atom stereocenters. The van der Waals surface area contributed by atoms with Crippen LogP contribution in [-0.2, 0) is 6.18 Å². The van der Waals surface area contributed by atoms with E-state index in [1.54, 1.807) is 18.3 Å². The first-order valence-corrected chi connectivity index (χ1v) is 6.33. The van der Waals surface area contributed by atoms with Crippen LogP contribution in [0.25, 0.3) is 11.6 Å². The Labute approximate surface area is 121 Å². The third-order valence-electron chi connectivity index (χ3n) is 2.61. The van der Waals surface area contributed by atoms with E-state index in [4.69, 9.17) is 5.26 Å². The van der Waals surface area contributed by atoms with Gasteiger partial charge in [-0.1, -0.05) is 12.1 Å². The van der Waals surface area contributed by atoms with Gasteiger partial charge in [-0.15, -0.1) is 0 Å². The molecule has 0 saturated carbocycles. The summed E-state index contributed by atoms with van der Waals surface area (Å²) in [5.74, 6) is 0. The summed E-state index contributed by atoms with van der Waals surface area (Å²) in [7, 11) is 0. The minimum atomic E-state index is -4.38. The number of nitriles is 1. The molecule has 0 spiro atoms. The molecule has 0 amide bonds. The fraction of sp³-hybridized carbons (Fsp3) is 0.0714. The van der Waals surface area contributed by atoms with E-state index in [2.05, 4.69) is 20.9 Å². The van der Waals surface area contributed by atoms with E-state index in [9.17, 15) is 13.2 Å².